The minimum Gasteiger partial charge on any atom is -0.351 e. The Labute approximate surface area is 101 Å². The Morgan fingerprint density at radius 1 is 1.47 bits per heavy atom. The third kappa shape index (κ3) is 3.82. The number of hydrogen-bond acceptors (Lipinski definition) is 2. The zero-order valence-electron chi connectivity index (χ0n) is 10.5. The van der Waals surface area contributed by atoms with Gasteiger partial charge in [0.25, 0.3) is 0 Å². The molecule has 1 aromatic carbocycles. The molecule has 94 valence electrons. The van der Waals surface area contributed by atoms with Gasteiger partial charge in [0, 0.05) is 6.54 Å². The van der Waals surface area contributed by atoms with E-state index >= 15 is 0 Å². The van der Waals surface area contributed by atoms with Gasteiger partial charge in [-0.25, -0.2) is 4.39 Å². The summed E-state index contributed by atoms with van der Waals surface area (Å²) in [6, 6.07) is 4.39. The summed E-state index contributed by atoms with van der Waals surface area (Å²) in [5, 5.41) is 2.70. The predicted octanol–water partition coefficient (Wildman–Crippen LogP) is 1.73. The van der Waals surface area contributed by atoms with Crippen LogP contribution in [-0.2, 0) is 11.3 Å². The maximum absolute atomic E-state index is 13.3. The second-order valence-electron chi connectivity index (χ2n) is 4.57. The van der Waals surface area contributed by atoms with E-state index in [1.807, 2.05) is 13.8 Å². The molecule has 0 aliphatic heterocycles. The molecule has 0 saturated heterocycles. The Balaban J connectivity index is 2.56. The van der Waals surface area contributed by atoms with Crippen molar-refractivity contribution in [1.29, 1.82) is 0 Å². The Hall–Kier alpha value is -1.42. The van der Waals surface area contributed by atoms with Crippen molar-refractivity contribution in [3.63, 3.8) is 0 Å². The minimum absolute atomic E-state index is 0.0877. The summed E-state index contributed by atoms with van der Waals surface area (Å²) in [5.41, 5.74) is 7.02. The van der Waals surface area contributed by atoms with Crippen molar-refractivity contribution in [2.24, 2.45) is 11.7 Å². The zero-order chi connectivity index (χ0) is 13.0. The fourth-order valence-electron chi connectivity index (χ4n) is 1.36. The van der Waals surface area contributed by atoms with E-state index in [-0.39, 0.29) is 17.6 Å². The van der Waals surface area contributed by atoms with Crippen molar-refractivity contribution in [2.45, 2.75) is 33.4 Å². The summed E-state index contributed by atoms with van der Waals surface area (Å²) in [6.07, 6.45) is 0. The van der Waals surface area contributed by atoms with Crippen LogP contribution in [0.1, 0.15) is 25.0 Å². The monoisotopic (exact) mass is 238 g/mol. The largest absolute Gasteiger partial charge is 0.351 e. The van der Waals surface area contributed by atoms with E-state index in [0.717, 1.165) is 5.56 Å². The van der Waals surface area contributed by atoms with Crippen LogP contribution in [0, 0.1) is 18.7 Å². The highest BCUT2D eigenvalue weighted by atomic mass is 19.1. The first kappa shape index (κ1) is 13.6. The van der Waals surface area contributed by atoms with Gasteiger partial charge >= 0.3 is 0 Å². The summed E-state index contributed by atoms with van der Waals surface area (Å²) in [5.74, 6) is -0.379. The molecule has 0 spiro atoms. The van der Waals surface area contributed by atoms with Gasteiger partial charge in [0.2, 0.25) is 5.91 Å². The molecule has 1 atom stereocenters. The minimum atomic E-state index is -0.523. The van der Waals surface area contributed by atoms with Crippen molar-refractivity contribution in [1.82, 2.24) is 5.32 Å². The average Bonchev–Trinajstić information content (AvgIpc) is 2.29. The fraction of sp³-hybridized carbons (Fsp3) is 0.462. The number of nitrogens with one attached hydrogen (secondary N) is 1. The van der Waals surface area contributed by atoms with Crippen LogP contribution in [0.3, 0.4) is 0 Å². The van der Waals surface area contributed by atoms with E-state index in [1.54, 1.807) is 19.1 Å². The predicted molar refractivity (Wildman–Crippen MR) is 65.8 cm³/mol. The molecule has 0 saturated carbocycles. The van der Waals surface area contributed by atoms with Crippen LogP contribution < -0.4 is 11.1 Å². The van der Waals surface area contributed by atoms with Crippen LogP contribution in [0.2, 0.25) is 0 Å². The molecular formula is C13H19FN2O. The molecule has 3 N–H and O–H groups in total. The summed E-state index contributed by atoms with van der Waals surface area (Å²) >= 11 is 0. The Morgan fingerprint density at radius 2 is 2.12 bits per heavy atom. The smallest absolute Gasteiger partial charge is 0.237 e. The normalized spacial score (nSPS) is 12.6. The van der Waals surface area contributed by atoms with E-state index < -0.39 is 6.04 Å². The summed E-state index contributed by atoms with van der Waals surface area (Å²) in [7, 11) is 0. The number of hydrogen-bond donors (Lipinski definition) is 2. The zero-order valence-corrected chi connectivity index (χ0v) is 10.5. The van der Waals surface area contributed by atoms with E-state index in [4.69, 9.17) is 5.73 Å². The van der Waals surface area contributed by atoms with Crippen LogP contribution in [0.15, 0.2) is 18.2 Å². The number of aryl methyl sites for hydroxylation is 1. The van der Waals surface area contributed by atoms with Crippen molar-refractivity contribution in [2.75, 3.05) is 0 Å². The highest BCUT2D eigenvalue weighted by Gasteiger charge is 2.16. The molecule has 0 aromatic heterocycles. The number of carbonyl (C=O) groups is 1. The van der Waals surface area contributed by atoms with Crippen LogP contribution >= 0.6 is 0 Å². The molecule has 0 radical (unpaired) electrons. The number of benzene rings is 1. The number of halogens is 1. The van der Waals surface area contributed by atoms with Crippen LogP contribution in [-0.4, -0.2) is 11.9 Å². The molecule has 0 heterocycles. The van der Waals surface area contributed by atoms with E-state index in [2.05, 4.69) is 5.32 Å². The summed E-state index contributed by atoms with van der Waals surface area (Å²) in [4.78, 5) is 11.6. The fourth-order valence-corrected chi connectivity index (χ4v) is 1.36. The van der Waals surface area contributed by atoms with Crippen LogP contribution in [0.4, 0.5) is 4.39 Å². The summed E-state index contributed by atoms with van der Waals surface area (Å²) < 4.78 is 13.3. The molecule has 3 nitrogen and oxygen atoms in total. The third-order valence-electron chi connectivity index (χ3n) is 2.72. The third-order valence-corrected chi connectivity index (χ3v) is 2.72. The van der Waals surface area contributed by atoms with Crippen molar-refractivity contribution in [3.05, 3.63) is 35.1 Å². The highest BCUT2D eigenvalue weighted by Crippen LogP contribution is 2.09. The molecule has 17 heavy (non-hydrogen) atoms. The Morgan fingerprint density at radius 3 is 2.65 bits per heavy atom. The number of amides is 1. The SMILES string of the molecule is Cc1ccc(CNC(=O)[C@H](N)C(C)C)cc1F. The van der Waals surface area contributed by atoms with Crippen molar-refractivity contribution < 1.29 is 9.18 Å². The first-order valence-corrected chi connectivity index (χ1v) is 5.70. The maximum atomic E-state index is 13.3. The Kier molecular flexibility index (Phi) is 4.63. The standard InChI is InChI=1S/C13H19FN2O/c1-8(2)12(15)13(17)16-7-10-5-4-9(3)11(14)6-10/h4-6,8,12H,7,15H2,1-3H3,(H,16,17)/t12-/m1/s1. The molecule has 1 rings (SSSR count). The molecule has 0 fully saturated rings. The van der Waals surface area contributed by atoms with Crippen LogP contribution in [0.25, 0.3) is 0 Å². The lowest BCUT2D eigenvalue weighted by molar-refractivity contribution is -0.123. The van der Waals surface area contributed by atoms with E-state index in [1.165, 1.54) is 6.07 Å². The summed E-state index contributed by atoms with van der Waals surface area (Å²) in [6.45, 7) is 5.77. The van der Waals surface area contributed by atoms with Gasteiger partial charge in [0.05, 0.1) is 6.04 Å². The lowest BCUT2D eigenvalue weighted by Crippen LogP contribution is -2.43. The first-order valence-electron chi connectivity index (χ1n) is 5.70. The van der Waals surface area contributed by atoms with Gasteiger partial charge in [0.1, 0.15) is 5.82 Å². The molecular weight excluding hydrogens is 219 g/mol. The van der Waals surface area contributed by atoms with E-state index in [9.17, 15) is 9.18 Å². The molecule has 0 aliphatic rings. The molecule has 0 unspecified atom stereocenters. The average molecular weight is 238 g/mol. The molecule has 1 aromatic rings. The lowest BCUT2D eigenvalue weighted by atomic mass is 10.0. The lowest BCUT2D eigenvalue weighted by Gasteiger charge is -2.15. The maximum Gasteiger partial charge on any atom is 0.237 e. The first-order chi connectivity index (χ1) is 7.91. The van der Waals surface area contributed by atoms with Crippen molar-refractivity contribution in [3.8, 4) is 0 Å². The number of nitrogens with two attached hydrogens (primary N) is 1. The van der Waals surface area contributed by atoms with Gasteiger partial charge in [0.15, 0.2) is 0 Å². The molecule has 4 heteroatoms. The molecule has 1 amide bonds. The topological polar surface area (TPSA) is 55.1 Å². The molecule has 0 bridgehead atoms. The van der Waals surface area contributed by atoms with Gasteiger partial charge in [-0.2, -0.15) is 0 Å². The quantitative estimate of drug-likeness (QED) is 0.839. The second kappa shape index (κ2) is 5.77. The second-order valence-corrected chi connectivity index (χ2v) is 4.57. The van der Waals surface area contributed by atoms with Gasteiger partial charge in [-0.1, -0.05) is 26.0 Å². The van der Waals surface area contributed by atoms with Gasteiger partial charge < -0.3 is 11.1 Å². The highest BCUT2D eigenvalue weighted by molar-refractivity contribution is 5.81. The number of carbonyl (C=O) groups excluding carboxylic acids is 1. The Bertz CT molecular complexity index is 404. The van der Waals surface area contributed by atoms with Crippen molar-refractivity contribution >= 4 is 5.91 Å². The van der Waals surface area contributed by atoms with Gasteiger partial charge in [-0.3, -0.25) is 4.79 Å². The van der Waals surface area contributed by atoms with Gasteiger partial charge in [-0.15, -0.1) is 0 Å². The molecule has 0 aliphatic carbocycles. The van der Waals surface area contributed by atoms with E-state index in [0.29, 0.717) is 12.1 Å². The van der Waals surface area contributed by atoms with Gasteiger partial charge in [-0.05, 0) is 30.0 Å². The number of rotatable bonds is 4. The van der Waals surface area contributed by atoms with Crippen LogP contribution in [0.5, 0.6) is 0 Å².